The van der Waals surface area contributed by atoms with Gasteiger partial charge < -0.3 is 9.47 Å². The van der Waals surface area contributed by atoms with Crippen LogP contribution in [-0.4, -0.2) is 24.9 Å². The van der Waals surface area contributed by atoms with E-state index in [1.54, 1.807) is 0 Å². The van der Waals surface area contributed by atoms with E-state index in [2.05, 4.69) is 0 Å². The smallest absolute Gasteiger partial charge is 0.155 e. The van der Waals surface area contributed by atoms with Gasteiger partial charge in [-0.1, -0.05) is 0 Å². The summed E-state index contributed by atoms with van der Waals surface area (Å²) in [4.78, 5) is 0. The molecule has 0 aromatic heterocycles. The fourth-order valence-corrected chi connectivity index (χ4v) is 0.835. The first-order chi connectivity index (χ1) is 3.83. The van der Waals surface area contributed by atoms with Gasteiger partial charge in [-0.25, -0.2) is 0 Å². The lowest BCUT2D eigenvalue weighted by atomic mass is 10.4. The van der Waals surface area contributed by atoms with Gasteiger partial charge in [0.15, 0.2) is 6.29 Å². The van der Waals surface area contributed by atoms with E-state index in [1.165, 1.54) is 0 Å². The SMILES string of the molecule is C[C@@H]1OC[C@@H](CCl)O1. The van der Waals surface area contributed by atoms with Gasteiger partial charge >= 0.3 is 0 Å². The van der Waals surface area contributed by atoms with E-state index in [-0.39, 0.29) is 12.4 Å². The number of halogens is 1. The lowest BCUT2D eigenvalue weighted by Crippen LogP contribution is -2.11. The van der Waals surface area contributed by atoms with E-state index in [0.717, 1.165) is 0 Å². The van der Waals surface area contributed by atoms with Crippen LogP contribution in [0.15, 0.2) is 0 Å². The molecule has 0 aliphatic carbocycles. The Balaban J connectivity index is 2.22. The monoisotopic (exact) mass is 136 g/mol. The molecular formula is C5H9ClO2. The first kappa shape index (κ1) is 6.33. The number of rotatable bonds is 1. The third-order valence-electron chi connectivity index (χ3n) is 1.07. The molecule has 0 saturated carbocycles. The highest BCUT2D eigenvalue weighted by Crippen LogP contribution is 2.10. The second-order valence-corrected chi connectivity index (χ2v) is 2.12. The van der Waals surface area contributed by atoms with E-state index in [9.17, 15) is 0 Å². The zero-order valence-electron chi connectivity index (χ0n) is 4.76. The Kier molecular flexibility index (Phi) is 2.11. The van der Waals surface area contributed by atoms with Gasteiger partial charge in [0.2, 0.25) is 0 Å². The van der Waals surface area contributed by atoms with Gasteiger partial charge in [-0.15, -0.1) is 11.6 Å². The Labute approximate surface area is 53.7 Å². The predicted molar refractivity (Wildman–Crippen MR) is 31.0 cm³/mol. The van der Waals surface area contributed by atoms with Gasteiger partial charge in [0.25, 0.3) is 0 Å². The van der Waals surface area contributed by atoms with Crippen LogP contribution in [0.5, 0.6) is 0 Å². The molecule has 1 aliphatic rings. The molecule has 2 atom stereocenters. The van der Waals surface area contributed by atoms with E-state index in [4.69, 9.17) is 21.1 Å². The molecule has 0 amide bonds. The Morgan fingerprint density at radius 3 is 2.75 bits per heavy atom. The van der Waals surface area contributed by atoms with E-state index < -0.39 is 0 Å². The summed E-state index contributed by atoms with van der Waals surface area (Å²) in [6, 6.07) is 0. The van der Waals surface area contributed by atoms with Gasteiger partial charge in [0, 0.05) is 0 Å². The second kappa shape index (κ2) is 2.67. The summed E-state index contributed by atoms with van der Waals surface area (Å²) < 4.78 is 10.2. The lowest BCUT2D eigenvalue weighted by Gasteiger charge is -2.01. The molecule has 1 heterocycles. The van der Waals surface area contributed by atoms with Crippen LogP contribution in [0.2, 0.25) is 0 Å². The van der Waals surface area contributed by atoms with E-state index in [1.807, 2.05) is 6.92 Å². The lowest BCUT2D eigenvalue weighted by molar-refractivity contribution is -0.0384. The fourth-order valence-electron chi connectivity index (χ4n) is 0.673. The maximum absolute atomic E-state index is 5.47. The Morgan fingerprint density at radius 2 is 2.50 bits per heavy atom. The van der Waals surface area contributed by atoms with Crippen molar-refractivity contribution < 1.29 is 9.47 Å². The van der Waals surface area contributed by atoms with Crippen molar-refractivity contribution in [3.63, 3.8) is 0 Å². The average Bonchev–Trinajstić information content (AvgIpc) is 2.14. The Bertz CT molecular complexity index is 76.8. The van der Waals surface area contributed by atoms with Crippen LogP contribution in [0.3, 0.4) is 0 Å². The van der Waals surface area contributed by atoms with E-state index in [0.29, 0.717) is 12.5 Å². The van der Waals surface area contributed by atoms with Gasteiger partial charge in [-0.3, -0.25) is 0 Å². The highest BCUT2D eigenvalue weighted by molar-refractivity contribution is 6.18. The molecule has 0 radical (unpaired) electrons. The van der Waals surface area contributed by atoms with Crippen molar-refractivity contribution in [3.8, 4) is 0 Å². The predicted octanol–water partition coefficient (Wildman–Crippen LogP) is 0.987. The number of hydrogen-bond donors (Lipinski definition) is 0. The molecule has 0 N–H and O–H groups in total. The first-order valence-corrected chi connectivity index (χ1v) is 3.19. The van der Waals surface area contributed by atoms with Gasteiger partial charge in [0.1, 0.15) is 0 Å². The van der Waals surface area contributed by atoms with Crippen molar-refractivity contribution in [2.45, 2.75) is 19.3 Å². The van der Waals surface area contributed by atoms with Crippen LogP contribution in [0, 0.1) is 0 Å². The third-order valence-corrected chi connectivity index (χ3v) is 1.42. The first-order valence-electron chi connectivity index (χ1n) is 2.66. The Morgan fingerprint density at radius 1 is 1.75 bits per heavy atom. The van der Waals surface area contributed by atoms with Gasteiger partial charge in [0.05, 0.1) is 18.6 Å². The summed E-state index contributed by atoms with van der Waals surface area (Å²) in [5, 5.41) is 0. The molecule has 2 nitrogen and oxygen atoms in total. The minimum Gasteiger partial charge on any atom is -0.350 e. The van der Waals surface area contributed by atoms with Crippen molar-refractivity contribution in [2.75, 3.05) is 12.5 Å². The second-order valence-electron chi connectivity index (χ2n) is 1.81. The van der Waals surface area contributed by atoms with Crippen LogP contribution in [0.25, 0.3) is 0 Å². The summed E-state index contributed by atoms with van der Waals surface area (Å²) in [7, 11) is 0. The minimum atomic E-state index is -0.0567. The maximum Gasteiger partial charge on any atom is 0.155 e. The molecule has 8 heavy (non-hydrogen) atoms. The quantitative estimate of drug-likeness (QED) is 0.501. The van der Waals surface area contributed by atoms with Gasteiger partial charge in [-0.2, -0.15) is 0 Å². The van der Waals surface area contributed by atoms with Crippen LogP contribution in [0.4, 0.5) is 0 Å². The normalized spacial score (nSPS) is 38.2. The van der Waals surface area contributed by atoms with Crippen molar-refractivity contribution in [3.05, 3.63) is 0 Å². The summed E-state index contributed by atoms with van der Waals surface area (Å²) in [6.07, 6.45) is 0.0606. The summed E-state index contributed by atoms with van der Waals surface area (Å²) >= 11 is 5.47. The van der Waals surface area contributed by atoms with Crippen molar-refractivity contribution in [1.82, 2.24) is 0 Å². The molecule has 48 valence electrons. The van der Waals surface area contributed by atoms with Crippen LogP contribution < -0.4 is 0 Å². The molecule has 1 aliphatic heterocycles. The highest BCUT2D eigenvalue weighted by atomic mass is 35.5. The average molecular weight is 137 g/mol. The molecule has 0 aromatic carbocycles. The summed E-state index contributed by atoms with van der Waals surface area (Å²) in [5.41, 5.74) is 0. The number of alkyl halides is 1. The standard InChI is InChI=1S/C5H9ClO2/c1-4-7-3-5(2-6)8-4/h4-5H,2-3H2,1H3/t4-,5-/m1/s1. The molecule has 1 saturated heterocycles. The Hall–Kier alpha value is 0.210. The zero-order valence-corrected chi connectivity index (χ0v) is 5.52. The molecular weight excluding hydrogens is 128 g/mol. The van der Waals surface area contributed by atoms with Crippen LogP contribution in [0.1, 0.15) is 6.92 Å². The fraction of sp³-hybridized carbons (Fsp3) is 1.00. The number of ether oxygens (including phenoxy) is 2. The number of hydrogen-bond acceptors (Lipinski definition) is 2. The van der Waals surface area contributed by atoms with Crippen LogP contribution >= 0.6 is 11.6 Å². The molecule has 1 fully saturated rings. The molecule has 0 bridgehead atoms. The molecule has 3 heteroatoms. The topological polar surface area (TPSA) is 18.5 Å². The maximum atomic E-state index is 5.47. The molecule has 1 rings (SSSR count). The third kappa shape index (κ3) is 1.34. The molecule has 0 spiro atoms. The summed E-state index contributed by atoms with van der Waals surface area (Å²) in [6.45, 7) is 2.51. The zero-order chi connectivity index (χ0) is 5.98. The minimum absolute atomic E-state index is 0.0567. The van der Waals surface area contributed by atoms with Crippen molar-refractivity contribution >= 4 is 11.6 Å². The molecule has 0 unspecified atom stereocenters. The largest absolute Gasteiger partial charge is 0.350 e. The van der Waals surface area contributed by atoms with E-state index >= 15 is 0 Å². The van der Waals surface area contributed by atoms with Crippen molar-refractivity contribution in [2.24, 2.45) is 0 Å². The van der Waals surface area contributed by atoms with Gasteiger partial charge in [-0.05, 0) is 6.92 Å². The van der Waals surface area contributed by atoms with Crippen LogP contribution in [-0.2, 0) is 9.47 Å². The molecule has 0 aromatic rings. The summed E-state index contributed by atoms with van der Waals surface area (Å²) in [5.74, 6) is 0.532. The van der Waals surface area contributed by atoms with Crippen molar-refractivity contribution in [1.29, 1.82) is 0 Å². The highest BCUT2D eigenvalue weighted by Gasteiger charge is 2.20.